The van der Waals surface area contributed by atoms with E-state index in [4.69, 9.17) is 9.15 Å². The quantitative estimate of drug-likeness (QED) is 0.481. The summed E-state index contributed by atoms with van der Waals surface area (Å²) in [6, 6.07) is 19.3. The van der Waals surface area contributed by atoms with Crippen LogP contribution in [0.3, 0.4) is 0 Å². The fourth-order valence-electron chi connectivity index (χ4n) is 2.76. The zero-order valence-corrected chi connectivity index (χ0v) is 15.7. The maximum atomic E-state index is 12.5. The number of hydrogen-bond acceptors (Lipinski definition) is 4. The van der Waals surface area contributed by atoms with Crippen LogP contribution >= 0.6 is 15.9 Å². The lowest BCUT2D eigenvalue weighted by atomic mass is 10.1. The number of amides is 1. The molecule has 1 N–H and O–H groups in total. The summed E-state index contributed by atoms with van der Waals surface area (Å²) in [6.45, 7) is -0.124. The summed E-state index contributed by atoms with van der Waals surface area (Å²) in [4.78, 5) is 24.7. The van der Waals surface area contributed by atoms with Crippen molar-refractivity contribution in [2.45, 2.75) is 0 Å². The number of halogens is 1. The highest BCUT2D eigenvalue weighted by Crippen LogP contribution is 2.22. The van der Waals surface area contributed by atoms with Gasteiger partial charge in [-0.05, 0) is 48.5 Å². The number of benzene rings is 3. The lowest BCUT2D eigenvalue weighted by Crippen LogP contribution is -2.20. The minimum Gasteiger partial charge on any atom is -0.484 e. The van der Waals surface area contributed by atoms with Crippen LogP contribution in [0.25, 0.3) is 21.9 Å². The molecule has 0 radical (unpaired) electrons. The molecule has 5 nitrogen and oxygen atoms in total. The third kappa shape index (κ3) is 3.71. The van der Waals surface area contributed by atoms with Gasteiger partial charge in [0.2, 0.25) is 5.43 Å². The van der Waals surface area contributed by atoms with Crippen LogP contribution in [0.1, 0.15) is 0 Å². The van der Waals surface area contributed by atoms with Crippen molar-refractivity contribution in [3.05, 3.63) is 81.4 Å². The first-order valence-electron chi connectivity index (χ1n) is 8.24. The van der Waals surface area contributed by atoms with Crippen LogP contribution in [0.15, 0.2) is 80.4 Å². The standard InChI is InChI=1S/C21H14BrNO4/c22-13-5-8-15(9-6-13)26-12-20(24)23-14-7-10-17-19(11-14)27-18-4-2-1-3-16(18)21(17)25/h1-11H,12H2,(H,23,24). The average molecular weight is 424 g/mol. The number of fused-ring (bicyclic) bond motifs is 2. The molecule has 1 heterocycles. The Hall–Kier alpha value is -3.12. The molecular formula is C21H14BrNO4. The molecular weight excluding hydrogens is 410 g/mol. The molecule has 0 aliphatic heterocycles. The van der Waals surface area contributed by atoms with E-state index in [0.717, 1.165) is 4.47 Å². The predicted octanol–water partition coefficient (Wildman–Crippen LogP) is 4.73. The van der Waals surface area contributed by atoms with Crippen molar-refractivity contribution < 1.29 is 13.9 Å². The van der Waals surface area contributed by atoms with Crippen LogP contribution in [0.2, 0.25) is 0 Å². The average Bonchev–Trinajstić information content (AvgIpc) is 2.68. The fourth-order valence-corrected chi connectivity index (χ4v) is 3.02. The van der Waals surface area contributed by atoms with Gasteiger partial charge in [-0.1, -0.05) is 28.1 Å². The molecule has 1 amide bonds. The number of rotatable bonds is 4. The van der Waals surface area contributed by atoms with E-state index < -0.39 is 0 Å². The normalized spacial score (nSPS) is 10.9. The van der Waals surface area contributed by atoms with Gasteiger partial charge in [-0.15, -0.1) is 0 Å². The zero-order valence-electron chi connectivity index (χ0n) is 14.1. The van der Waals surface area contributed by atoms with Gasteiger partial charge in [0.05, 0.1) is 10.8 Å². The van der Waals surface area contributed by atoms with Crippen LogP contribution < -0.4 is 15.5 Å². The highest BCUT2D eigenvalue weighted by atomic mass is 79.9. The van der Waals surface area contributed by atoms with Crippen molar-refractivity contribution in [1.82, 2.24) is 0 Å². The Balaban J connectivity index is 1.53. The first-order valence-corrected chi connectivity index (χ1v) is 9.03. The smallest absolute Gasteiger partial charge is 0.262 e. The SMILES string of the molecule is O=C(COc1ccc(Br)cc1)Nc1ccc2c(=O)c3ccccc3oc2c1. The number of hydrogen-bond donors (Lipinski definition) is 1. The van der Waals surface area contributed by atoms with Crippen molar-refractivity contribution in [3.63, 3.8) is 0 Å². The van der Waals surface area contributed by atoms with E-state index in [1.54, 1.807) is 48.5 Å². The van der Waals surface area contributed by atoms with Gasteiger partial charge in [0.25, 0.3) is 5.91 Å². The number of carbonyl (C=O) groups is 1. The third-order valence-corrected chi connectivity index (χ3v) is 4.57. The fraction of sp³-hybridized carbons (Fsp3) is 0.0476. The van der Waals surface area contributed by atoms with Crippen LogP contribution in [-0.4, -0.2) is 12.5 Å². The minimum atomic E-state index is -0.305. The second-order valence-electron chi connectivity index (χ2n) is 5.93. The summed E-state index contributed by atoms with van der Waals surface area (Å²) >= 11 is 3.34. The van der Waals surface area contributed by atoms with Crippen LogP contribution in [0.4, 0.5) is 5.69 Å². The molecule has 1 aromatic heterocycles. The Morgan fingerprint density at radius 2 is 1.70 bits per heavy atom. The number of carbonyl (C=O) groups excluding carboxylic acids is 1. The summed E-state index contributed by atoms with van der Waals surface area (Å²) < 4.78 is 12.2. The third-order valence-electron chi connectivity index (χ3n) is 4.05. The predicted molar refractivity (Wildman–Crippen MR) is 108 cm³/mol. The number of nitrogens with one attached hydrogen (secondary N) is 1. The lowest BCUT2D eigenvalue weighted by molar-refractivity contribution is -0.118. The van der Waals surface area contributed by atoms with Gasteiger partial charge in [0.1, 0.15) is 16.9 Å². The van der Waals surface area contributed by atoms with E-state index >= 15 is 0 Å². The van der Waals surface area contributed by atoms with Gasteiger partial charge in [-0.25, -0.2) is 0 Å². The summed E-state index contributed by atoms with van der Waals surface area (Å²) in [5.74, 6) is 0.296. The Morgan fingerprint density at radius 3 is 2.52 bits per heavy atom. The maximum absolute atomic E-state index is 12.5. The molecule has 0 bridgehead atoms. The van der Waals surface area contributed by atoms with Gasteiger partial charge >= 0.3 is 0 Å². The maximum Gasteiger partial charge on any atom is 0.262 e. The molecule has 4 rings (SSSR count). The summed E-state index contributed by atoms with van der Waals surface area (Å²) in [5.41, 5.74) is 1.37. The van der Waals surface area contributed by atoms with E-state index in [1.807, 2.05) is 18.2 Å². The van der Waals surface area contributed by atoms with Crippen LogP contribution in [-0.2, 0) is 4.79 Å². The molecule has 4 aromatic rings. The Labute approximate surface area is 162 Å². The molecule has 134 valence electrons. The van der Waals surface area contributed by atoms with E-state index in [1.165, 1.54) is 0 Å². The summed E-state index contributed by atoms with van der Waals surface area (Å²) in [6.07, 6.45) is 0. The van der Waals surface area contributed by atoms with Crippen molar-refractivity contribution in [2.75, 3.05) is 11.9 Å². The summed E-state index contributed by atoms with van der Waals surface area (Å²) in [5, 5.41) is 3.75. The Kier molecular flexibility index (Phi) is 4.64. The minimum absolute atomic E-state index is 0.0942. The van der Waals surface area contributed by atoms with Crippen molar-refractivity contribution >= 4 is 49.5 Å². The highest BCUT2D eigenvalue weighted by Gasteiger charge is 2.09. The summed E-state index contributed by atoms with van der Waals surface area (Å²) in [7, 11) is 0. The molecule has 0 aliphatic carbocycles. The number of para-hydroxylation sites is 1. The second-order valence-corrected chi connectivity index (χ2v) is 6.84. The number of ether oxygens (including phenoxy) is 1. The van der Waals surface area contributed by atoms with Gasteiger partial charge < -0.3 is 14.5 Å². The molecule has 0 fully saturated rings. The van der Waals surface area contributed by atoms with Gasteiger partial charge in [-0.2, -0.15) is 0 Å². The van der Waals surface area contributed by atoms with Crippen LogP contribution in [0, 0.1) is 0 Å². The molecule has 0 atom stereocenters. The zero-order chi connectivity index (χ0) is 18.8. The molecule has 3 aromatic carbocycles. The van der Waals surface area contributed by atoms with Crippen molar-refractivity contribution in [3.8, 4) is 5.75 Å². The topological polar surface area (TPSA) is 68.5 Å². The molecule has 6 heteroatoms. The molecule has 27 heavy (non-hydrogen) atoms. The molecule has 0 saturated carbocycles. The highest BCUT2D eigenvalue weighted by molar-refractivity contribution is 9.10. The largest absolute Gasteiger partial charge is 0.484 e. The van der Waals surface area contributed by atoms with E-state index in [2.05, 4.69) is 21.2 Å². The molecule has 0 saturated heterocycles. The second kappa shape index (κ2) is 7.25. The monoisotopic (exact) mass is 423 g/mol. The Bertz CT molecular complexity index is 1200. The lowest BCUT2D eigenvalue weighted by Gasteiger charge is -2.08. The molecule has 0 aliphatic rings. The van der Waals surface area contributed by atoms with Gasteiger partial charge in [0, 0.05) is 16.2 Å². The number of anilines is 1. The van der Waals surface area contributed by atoms with E-state index in [-0.39, 0.29) is 17.9 Å². The first kappa shape index (κ1) is 17.3. The van der Waals surface area contributed by atoms with Crippen molar-refractivity contribution in [2.24, 2.45) is 0 Å². The van der Waals surface area contributed by atoms with Crippen LogP contribution in [0.5, 0.6) is 5.75 Å². The molecule has 0 spiro atoms. The van der Waals surface area contributed by atoms with Crippen molar-refractivity contribution in [1.29, 1.82) is 0 Å². The Morgan fingerprint density at radius 1 is 0.963 bits per heavy atom. The van der Waals surface area contributed by atoms with E-state index in [0.29, 0.717) is 33.4 Å². The van der Waals surface area contributed by atoms with E-state index in [9.17, 15) is 9.59 Å². The van der Waals surface area contributed by atoms with Gasteiger partial charge in [-0.3, -0.25) is 9.59 Å². The molecule has 0 unspecified atom stereocenters. The van der Waals surface area contributed by atoms with Gasteiger partial charge in [0.15, 0.2) is 6.61 Å². The first-order chi connectivity index (χ1) is 13.1.